The molecular weight excluding hydrogens is 456 g/mol. The normalized spacial score (nSPS) is 10.1. The molecule has 1 aromatic carbocycles. The van der Waals surface area contributed by atoms with Crippen LogP contribution >= 0.6 is 11.3 Å². The van der Waals surface area contributed by atoms with E-state index >= 15 is 0 Å². The summed E-state index contributed by atoms with van der Waals surface area (Å²) in [5.74, 6) is 1.23. The summed E-state index contributed by atoms with van der Waals surface area (Å²) in [6.45, 7) is 14.5. The zero-order valence-corrected chi connectivity index (χ0v) is 23.2. The lowest BCUT2D eigenvalue weighted by atomic mass is 10.1. The number of nitrogens with zero attached hydrogens (tertiary/aromatic N) is 2. The van der Waals surface area contributed by atoms with Gasteiger partial charge in [-0.3, -0.25) is 9.59 Å². The van der Waals surface area contributed by atoms with Gasteiger partial charge in [0, 0.05) is 29.8 Å². The summed E-state index contributed by atoms with van der Waals surface area (Å²) in [6.07, 6.45) is 8.50. The van der Waals surface area contributed by atoms with Crippen molar-refractivity contribution in [3.05, 3.63) is 81.1 Å². The first-order chi connectivity index (χ1) is 17.0. The van der Waals surface area contributed by atoms with Gasteiger partial charge in [-0.25, -0.2) is 4.98 Å². The van der Waals surface area contributed by atoms with Crippen LogP contribution in [-0.4, -0.2) is 26.9 Å². The Morgan fingerprint density at radius 1 is 1.09 bits per heavy atom. The first kappa shape index (κ1) is 32.0. The zero-order chi connectivity index (χ0) is 26.6. The molecule has 3 rings (SSSR count). The molecule has 0 bridgehead atoms. The molecular formula is C29H42N2O3S. The fourth-order valence-corrected chi connectivity index (χ4v) is 4.08. The fraction of sp³-hybridized carbons (Fsp3) is 0.414. The minimum atomic E-state index is -0.250. The van der Waals surface area contributed by atoms with Gasteiger partial charge < -0.3 is 9.67 Å². The predicted molar refractivity (Wildman–Crippen MR) is 149 cm³/mol. The van der Waals surface area contributed by atoms with Crippen molar-refractivity contribution in [2.45, 2.75) is 80.7 Å². The van der Waals surface area contributed by atoms with Gasteiger partial charge in [-0.15, -0.1) is 11.3 Å². The number of imidazole rings is 1. The lowest BCUT2D eigenvalue weighted by Gasteiger charge is -2.12. The Bertz CT molecular complexity index is 988. The molecule has 3 aromatic rings. The van der Waals surface area contributed by atoms with Crippen molar-refractivity contribution in [1.82, 2.24) is 9.55 Å². The van der Waals surface area contributed by atoms with Crippen LogP contribution in [0, 0.1) is 0 Å². The Balaban J connectivity index is 0.00000150. The minimum absolute atomic E-state index is 0.102. The average molecular weight is 499 g/mol. The van der Waals surface area contributed by atoms with Crippen molar-refractivity contribution in [2.24, 2.45) is 0 Å². The Morgan fingerprint density at radius 3 is 2.23 bits per heavy atom. The molecule has 0 saturated carbocycles. The van der Waals surface area contributed by atoms with Gasteiger partial charge in [0.05, 0.1) is 11.9 Å². The highest BCUT2D eigenvalue weighted by Gasteiger charge is 2.10. The quantitative estimate of drug-likeness (QED) is 0.240. The number of allylic oxidation sites excluding steroid dienone is 1. The summed E-state index contributed by atoms with van der Waals surface area (Å²) in [7, 11) is 0. The number of thiophene rings is 1. The highest BCUT2D eigenvalue weighted by Crippen LogP contribution is 2.19. The first-order valence-electron chi connectivity index (χ1n) is 12.4. The molecule has 1 N–H and O–H groups in total. The Hall–Kier alpha value is -2.99. The summed E-state index contributed by atoms with van der Waals surface area (Å²) in [5.41, 5.74) is 4.42. The van der Waals surface area contributed by atoms with Crippen LogP contribution in [0.1, 0.15) is 93.6 Å². The number of carboxylic acid groups (broad SMARTS) is 1. The van der Waals surface area contributed by atoms with Crippen molar-refractivity contribution < 1.29 is 14.7 Å². The summed E-state index contributed by atoms with van der Waals surface area (Å²) < 4.78 is 2.32. The molecule has 0 saturated heterocycles. The molecule has 0 aliphatic heterocycles. The predicted octanol–water partition coefficient (Wildman–Crippen LogP) is 7.94. The molecule has 2 aromatic heterocycles. The average Bonchev–Trinajstić information content (AvgIpc) is 3.51. The van der Waals surface area contributed by atoms with Crippen molar-refractivity contribution in [3.8, 4) is 0 Å². The van der Waals surface area contributed by atoms with Crippen molar-refractivity contribution >= 4 is 29.7 Å². The lowest BCUT2D eigenvalue weighted by Crippen LogP contribution is -2.08. The highest BCUT2D eigenvalue weighted by atomic mass is 32.1. The zero-order valence-electron chi connectivity index (χ0n) is 22.4. The molecule has 2 heterocycles. The van der Waals surface area contributed by atoms with Gasteiger partial charge in [-0.2, -0.15) is 0 Å². The number of rotatable bonds is 9. The number of ketones is 1. The molecule has 6 heteroatoms. The molecule has 0 atom stereocenters. The number of aromatic nitrogens is 2. The molecule has 5 nitrogen and oxygen atoms in total. The third kappa shape index (κ3) is 11.8. The van der Waals surface area contributed by atoms with Gasteiger partial charge in [-0.05, 0) is 43.4 Å². The van der Waals surface area contributed by atoms with E-state index in [4.69, 9.17) is 14.9 Å². The van der Waals surface area contributed by atoms with Crippen LogP contribution < -0.4 is 0 Å². The summed E-state index contributed by atoms with van der Waals surface area (Å²) in [6, 6.07) is 12.2. The number of hydrogen-bond acceptors (Lipinski definition) is 4. The topological polar surface area (TPSA) is 72.2 Å². The Kier molecular flexibility index (Phi) is 17.7. The molecule has 0 aliphatic rings. The van der Waals surface area contributed by atoms with Crippen LogP contribution in [0.4, 0.5) is 0 Å². The smallest absolute Gasteiger partial charge is 0.290 e. The number of benzene rings is 1. The van der Waals surface area contributed by atoms with Crippen molar-refractivity contribution in [1.29, 1.82) is 0 Å². The number of carbonyl (C=O) groups is 2. The third-order valence-corrected chi connectivity index (χ3v) is 5.73. The van der Waals surface area contributed by atoms with Crippen LogP contribution in [0.5, 0.6) is 0 Å². The van der Waals surface area contributed by atoms with E-state index in [9.17, 15) is 4.79 Å². The molecule has 0 fully saturated rings. The third-order valence-electron chi connectivity index (χ3n) is 4.85. The second kappa shape index (κ2) is 19.3. The van der Waals surface area contributed by atoms with Gasteiger partial charge in [0.2, 0.25) is 0 Å². The van der Waals surface area contributed by atoms with E-state index in [1.54, 1.807) is 18.3 Å². The number of unbranched alkanes of at least 4 members (excludes halogenated alkanes) is 1. The Morgan fingerprint density at radius 2 is 1.71 bits per heavy atom. The maximum Gasteiger partial charge on any atom is 0.290 e. The van der Waals surface area contributed by atoms with Gasteiger partial charge in [-0.1, -0.05) is 76.9 Å². The second-order valence-corrected chi connectivity index (χ2v) is 8.43. The van der Waals surface area contributed by atoms with Crippen LogP contribution in [-0.2, 0) is 24.2 Å². The lowest BCUT2D eigenvalue weighted by molar-refractivity contribution is -0.122. The largest absolute Gasteiger partial charge is 0.483 e. The maximum atomic E-state index is 11.5. The molecule has 0 aliphatic carbocycles. The molecule has 0 spiro atoms. The van der Waals surface area contributed by atoms with Crippen molar-refractivity contribution in [3.63, 3.8) is 0 Å². The van der Waals surface area contributed by atoms with Crippen LogP contribution in [0.2, 0.25) is 0 Å². The fourth-order valence-electron chi connectivity index (χ4n) is 3.28. The Labute approximate surface area is 215 Å². The minimum Gasteiger partial charge on any atom is -0.483 e. The van der Waals surface area contributed by atoms with E-state index in [0.29, 0.717) is 0 Å². The van der Waals surface area contributed by atoms with Gasteiger partial charge in [0.1, 0.15) is 5.82 Å². The van der Waals surface area contributed by atoms with Gasteiger partial charge in [0.15, 0.2) is 5.78 Å². The van der Waals surface area contributed by atoms with E-state index in [2.05, 4.69) is 42.0 Å². The first-order valence-corrected chi connectivity index (χ1v) is 13.3. The number of hydrogen-bond donors (Lipinski definition) is 1. The van der Waals surface area contributed by atoms with E-state index < -0.39 is 0 Å². The van der Waals surface area contributed by atoms with E-state index in [1.807, 2.05) is 58.2 Å². The second-order valence-electron chi connectivity index (χ2n) is 7.39. The molecule has 192 valence electrons. The van der Waals surface area contributed by atoms with Crippen LogP contribution in [0.3, 0.4) is 0 Å². The number of aryl methyl sites for hydroxylation is 1. The summed E-state index contributed by atoms with van der Waals surface area (Å²) in [4.78, 5) is 26.0. The SMILES string of the molecule is CC.CC.CCCCc1ncc(/C=C(/C)Cc2cccs2)n1Cc1ccc(C(C)=O)cc1.O=CO. The molecule has 0 unspecified atom stereocenters. The highest BCUT2D eigenvalue weighted by molar-refractivity contribution is 7.09. The van der Waals surface area contributed by atoms with E-state index in [-0.39, 0.29) is 12.3 Å². The van der Waals surface area contributed by atoms with E-state index in [1.165, 1.54) is 16.0 Å². The number of Topliss-reactive ketones (excluding diaryl/α,β-unsaturated/α-hetero) is 1. The standard InChI is InChI=1S/C24H28N2OS.2C2H6.CH2O2/c1-4-5-8-24-25-16-22(14-18(2)15-23-7-6-13-28-23)26(24)17-20-9-11-21(12-10-20)19(3)27;2*1-2;2-1-3/h6-7,9-14,16H,4-5,8,15,17H2,1-3H3;2*1-2H3;1H,(H,2,3)/b18-14-;;;. The van der Waals surface area contributed by atoms with Crippen LogP contribution in [0.25, 0.3) is 6.08 Å². The summed E-state index contributed by atoms with van der Waals surface area (Å²) >= 11 is 1.80. The summed E-state index contributed by atoms with van der Waals surface area (Å²) in [5, 5.41) is 9.01. The monoisotopic (exact) mass is 498 g/mol. The van der Waals surface area contributed by atoms with E-state index in [0.717, 1.165) is 49.3 Å². The van der Waals surface area contributed by atoms with Crippen LogP contribution in [0.15, 0.2) is 53.5 Å². The number of carbonyl (C=O) groups excluding carboxylic acids is 1. The molecule has 0 amide bonds. The van der Waals surface area contributed by atoms with Gasteiger partial charge >= 0.3 is 0 Å². The van der Waals surface area contributed by atoms with Gasteiger partial charge in [0.25, 0.3) is 6.47 Å². The molecule has 35 heavy (non-hydrogen) atoms. The maximum absolute atomic E-state index is 11.5. The van der Waals surface area contributed by atoms with Crippen molar-refractivity contribution in [2.75, 3.05) is 0 Å². The molecule has 0 radical (unpaired) electrons.